The number of benzene rings is 1. The zero-order chi connectivity index (χ0) is 16.9. The molecule has 116 valence electrons. The zero-order valence-corrected chi connectivity index (χ0v) is 13.5. The topological polar surface area (TPSA) is 82.7 Å². The number of rotatable bonds is 4. The van der Waals surface area contributed by atoms with Crippen LogP contribution in [0.25, 0.3) is 0 Å². The number of aliphatic hydroxyl groups is 1. The van der Waals surface area contributed by atoms with Gasteiger partial charge in [0.1, 0.15) is 17.4 Å². The Morgan fingerprint density at radius 1 is 1.32 bits per heavy atom. The van der Waals surface area contributed by atoms with Crippen molar-refractivity contribution in [1.29, 1.82) is 5.26 Å². The number of esters is 1. The summed E-state index contributed by atoms with van der Waals surface area (Å²) in [5, 5.41) is 19.0. The highest BCUT2D eigenvalue weighted by atomic mass is 16.5. The Kier molecular flexibility index (Phi) is 5.88. The minimum atomic E-state index is -0.759. The van der Waals surface area contributed by atoms with Gasteiger partial charge in [-0.15, -0.1) is 0 Å². The van der Waals surface area contributed by atoms with Gasteiger partial charge in [-0.3, -0.25) is 0 Å². The number of aryl methyl sites for hydroxylation is 3. The normalized spacial score (nSPS) is 12.5. The molecular formula is C17H20N2O3. The van der Waals surface area contributed by atoms with Crippen LogP contribution < -0.4 is 0 Å². The van der Waals surface area contributed by atoms with Crippen LogP contribution in [0.1, 0.15) is 30.5 Å². The molecule has 0 saturated heterocycles. The third-order valence-corrected chi connectivity index (χ3v) is 3.04. The van der Waals surface area contributed by atoms with Crippen LogP contribution in [-0.4, -0.2) is 23.4 Å². The van der Waals surface area contributed by atoms with E-state index in [4.69, 9.17) is 4.74 Å². The Morgan fingerprint density at radius 3 is 2.27 bits per heavy atom. The fraction of sp³-hybridized carbons (Fsp3) is 0.353. The molecule has 0 amide bonds. The van der Waals surface area contributed by atoms with E-state index in [-0.39, 0.29) is 23.7 Å². The number of aliphatic imine (C=N–C) groups is 1. The second kappa shape index (κ2) is 7.41. The maximum Gasteiger partial charge on any atom is 0.344 e. The van der Waals surface area contributed by atoms with Crippen LogP contribution in [0, 0.1) is 32.1 Å². The minimum absolute atomic E-state index is 0.150. The molecular weight excluding hydrogens is 280 g/mol. The third-order valence-electron chi connectivity index (χ3n) is 3.04. The molecule has 0 aliphatic rings. The summed E-state index contributed by atoms with van der Waals surface area (Å²) in [7, 11) is 0. The van der Waals surface area contributed by atoms with E-state index in [1.54, 1.807) is 6.92 Å². The van der Waals surface area contributed by atoms with E-state index in [1.165, 1.54) is 6.92 Å². The first kappa shape index (κ1) is 17.4. The standard InChI is InChI=1S/C17H20N2O3/c1-6-22-17(21)15(13(5)20)14(9-18)19-16-11(3)7-10(2)8-12(16)4/h7-8,20H,6H2,1-5H3/b15-13+,19-14?. The monoisotopic (exact) mass is 300 g/mol. The molecule has 1 aromatic carbocycles. The zero-order valence-electron chi connectivity index (χ0n) is 13.5. The fourth-order valence-corrected chi connectivity index (χ4v) is 2.22. The van der Waals surface area contributed by atoms with Crippen molar-refractivity contribution in [1.82, 2.24) is 0 Å². The van der Waals surface area contributed by atoms with Gasteiger partial charge in [-0.2, -0.15) is 5.26 Å². The molecule has 0 aromatic heterocycles. The molecule has 0 fully saturated rings. The predicted molar refractivity (Wildman–Crippen MR) is 85.3 cm³/mol. The van der Waals surface area contributed by atoms with E-state index in [2.05, 4.69) is 4.99 Å². The van der Waals surface area contributed by atoms with Gasteiger partial charge in [-0.25, -0.2) is 9.79 Å². The van der Waals surface area contributed by atoms with E-state index in [0.29, 0.717) is 5.69 Å². The highest BCUT2D eigenvalue weighted by Gasteiger charge is 2.21. The average molecular weight is 300 g/mol. The van der Waals surface area contributed by atoms with Gasteiger partial charge in [0, 0.05) is 0 Å². The molecule has 0 spiro atoms. The number of carbonyl (C=O) groups excluding carboxylic acids is 1. The maximum absolute atomic E-state index is 11.9. The van der Waals surface area contributed by atoms with Gasteiger partial charge in [0.15, 0.2) is 5.71 Å². The van der Waals surface area contributed by atoms with Crippen LogP contribution in [0.4, 0.5) is 5.69 Å². The van der Waals surface area contributed by atoms with Crippen LogP contribution in [-0.2, 0) is 9.53 Å². The Bertz CT molecular complexity index is 667. The smallest absolute Gasteiger partial charge is 0.344 e. The summed E-state index contributed by atoms with van der Waals surface area (Å²) < 4.78 is 4.88. The Hall–Kier alpha value is -2.61. The molecule has 0 aliphatic carbocycles. The number of aliphatic hydroxyl groups excluding tert-OH is 1. The van der Waals surface area contributed by atoms with Gasteiger partial charge >= 0.3 is 5.97 Å². The molecule has 0 unspecified atom stereocenters. The number of ether oxygens (including phenoxy) is 1. The molecule has 0 aliphatic heterocycles. The van der Waals surface area contributed by atoms with Gasteiger partial charge < -0.3 is 9.84 Å². The molecule has 0 radical (unpaired) electrons. The van der Waals surface area contributed by atoms with E-state index >= 15 is 0 Å². The Balaban J connectivity index is 3.46. The lowest BCUT2D eigenvalue weighted by molar-refractivity contribution is -0.138. The summed E-state index contributed by atoms with van der Waals surface area (Å²) in [5.74, 6) is -1.05. The summed E-state index contributed by atoms with van der Waals surface area (Å²) in [6, 6.07) is 5.76. The first-order chi connectivity index (χ1) is 10.3. The van der Waals surface area contributed by atoms with Gasteiger partial charge in [-0.05, 0) is 45.7 Å². The summed E-state index contributed by atoms with van der Waals surface area (Å²) >= 11 is 0. The average Bonchev–Trinajstić information content (AvgIpc) is 2.40. The number of allylic oxidation sites excluding steroid dienone is 1. The van der Waals surface area contributed by atoms with Crippen molar-refractivity contribution in [2.24, 2.45) is 4.99 Å². The third kappa shape index (κ3) is 3.95. The van der Waals surface area contributed by atoms with Crippen molar-refractivity contribution in [3.8, 4) is 6.07 Å². The Morgan fingerprint density at radius 2 is 1.86 bits per heavy atom. The lowest BCUT2D eigenvalue weighted by atomic mass is 10.0. The molecule has 1 aromatic rings. The largest absolute Gasteiger partial charge is 0.512 e. The Labute approximate surface area is 130 Å². The molecule has 5 heteroatoms. The van der Waals surface area contributed by atoms with Crippen molar-refractivity contribution in [2.45, 2.75) is 34.6 Å². The van der Waals surface area contributed by atoms with Crippen LogP contribution in [0.2, 0.25) is 0 Å². The fourth-order valence-electron chi connectivity index (χ4n) is 2.22. The van der Waals surface area contributed by atoms with Crippen LogP contribution in [0.3, 0.4) is 0 Å². The highest BCUT2D eigenvalue weighted by molar-refractivity contribution is 6.27. The van der Waals surface area contributed by atoms with Crippen LogP contribution in [0.15, 0.2) is 28.5 Å². The molecule has 0 bridgehead atoms. The number of carbonyl (C=O) groups is 1. The van der Waals surface area contributed by atoms with E-state index in [9.17, 15) is 15.2 Å². The van der Waals surface area contributed by atoms with Crippen molar-refractivity contribution >= 4 is 17.4 Å². The summed E-state index contributed by atoms with van der Waals surface area (Å²) in [6.07, 6.45) is 0. The summed E-state index contributed by atoms with van der Waals surface area (Å²) in [5.41, 5.74) is 3.13. The van der Waals surface area contributed by atoms with Gasteiger partial charge in [0.25, 0.3) is 0 Å². The van der Waals surface area contributed by atoms with Crippen LogP contribution in [0.5, 0.6) is 0 Å². The highest BCUT2D eigenvalue weighted by Crippen LogP contribution is 2.26. The summed E-state index contributed by atoms with van der Waals surface area (Å²) in [4.78, 5) is 16.2. The van der Waals surface area contributed by atoms with Crippen molar-refractivity contribution in [2.75, 3.05) is 6.61 Å². The second-order valence-corrected chi connectivity index (χ2v) is 5.00. The quantitative estimate of drug-likeness (QED) is 0.398. The predicted octanol–water partition coefficient (Wildman–Crippen LogP) is 3.60. The van der Waals surface area contributed by atoms with Gasteiger partial charge in [0.2, 0.25) is 0 Å². The maximum atomic E-state index is 11.9. The minimum Gasteiger partial charge on any atom is -0.512 e. The van der Waals surface area contributed by atoms with Crippen LogP contribution >= 0.6 is 0 Å². The van der Waals surface area contributed by atoms with Crippen molar-refractivity contribution < 1.29 is 14.6 Å². The van der Waals surface area contributed by atoms with Gasteiger partial charge in [0.05, 0.1) is 12.3 Å². The first-order valence-corrected chi connectivity index (χ1v) is 6.95. The van der Waals surface area contributed by atoms with Gasteiger partial charge in [-0.1, -0.05) is 17.7 Å². The van der Waals surface area contributed by atoms with E-state index in [1.807, 2.05) is 39.0 Å². The van der Waals surface area contributed by atoms with Crippen molar-refractivity contribution in [3.05, 3.63) is 40.2 Å². The lowest BCUT2D eigenvalue weighted by Gasteiger charge is -2.09. The SMILES string of the molecule is CCOC(=O)/C(C(C#N)=Nc1c(C)cc(C)cc1C)=C(\C)O. The number of hydrogen-bond acceptors (Lipinski definition) is 5. The molecule has 1 rings (SSSR count). The van der Waals surface area contributed by atoms with E-state index < -0.39 is 5.97 Å². The molecule has 22 heavy (non-hydrogen) atoms. The molecule has 1 N–H and O–H groups in total. The summed E-state index contributed by atoms with van der Waals surface area (Å²) in [6.45, 7) is 8.87. The van der Waals surface area contributed by atoms with E-state index in [0.717, 1.165) is 16.7 Å². The number of hydrogen-bond donors (Lipinski definition) is 1. The molecule has 5 nitrogen and oxygen atoms in total. The molecule has 0 heterocycles. The molecule has 0 saturated carbocycles. The first-order valence-electron chi connectivity index (χ1n) is 6.95. The number of nitriles is 1. The molecule has 0 atom stereocenters. The van der Waals surface area contributed by atoms with Crippen molar-refractivity contribution in [3.63, 3.8) is 0 Å². The number of nitrogens with zero attached hydrogens (tertiary/aromatic N) is 2. The second-order valence-electron chi connectivity index (χ2n) is 5.00. The lowest BCUT2D eigenvalue weighted by Crippen LogP contribution is -2.17.